The van der Waals surface area contributed by atoms with Gasteiger partial charge >= 0.3 is 0 Å². The van der Waals surface area contributed by atoms with Crippen molar-refractivity contribution >= 4 is 0 Å². The Morgan fingerprint density at radius 1 is 1.10 bits per heavy atom. The Morgan fingerprint density at radius 3 is 2.69 bits per heavy atom. The summed E-state index contributed by atoms with van der Waals surface area (Å²) in [7, 11) is 0. The van der Waals surface area contributed by atoms with Crippen LogP contribution < -0.4 is 4.74 Å². The number of benzene rings is 1. The lowest BCUT2D eigenvalue weighted by Crippen LogP contribution is -2.49. The van der Waals surface area contributed by atoms with E-state index in [0.717, 1.165) is 76.3 Å². The molecule has 2 heterocycles. The maximum atomic E-state index is 9.75. The molecule has 2 fully saturated rings. The Balaban J connectivity index is 1.26. The predicted octanol–water partition coefficient (Wildman–Crippen LogP) is 3.83. The first-order chi connectivity index (χ1) is 14.0. The van der Waals surface area contributed by atoms with Crippen molar-refractivity contribution in [1.29, 1.82) is 0 Å². The lowest BCUT2D eigenvalue weighted by Gasteiger charge is -2.57. The van der Waals surface area contributed by atoms with Crippen LogP contribution in [0.3, 0.4) is 0 Å². The number of piperidine rings is 1. The Morgan fingerprint density at radius 2 is 1.93 bits per heavy atom. The average Bonchev–Trinajstić information content (AvgIpc) is 2.91. The van der Waals surface area contributed by atoms with Gasteiger partial charge in [-0.15, -0.1) is 0 Å². The van der Waals surface area contributed by atoms with E-state index in [2.05, 4.69) is 47.9 Å². The van der Waals surface area contributed by atoms with E-state index >= 15 is 0 Å². The van der Waals surface area contributed by atoms with Crippen LogP contribution in [-0.4, -0.2) is 53.8 Å². The fourth-order valence-corrected chi connectivity index (χ4v) is 5.98. The summed E-state index contributed by atoms with van der Waals surface area (Å²) >= 11 is 0. The predicted molar refractivity (Wildman–Crippen MR) is 116 cm³/mol. The second-order valence-electron chi connectivity index (χ2n) is 10.3. The molecule has 2 atom stereocenters. The standard InChI is InChI=1S/C25H36N2O2/c1-25(2)21-5-4-19(23(25)14-21)16-27-11-12-29-24-6-3-18(13-20(24)17-27)15-26-9-7-22(28)8-10-26/h3-4,6,13,21-23,28H,5,7-12,14-17H2,1-2H3/t21-,23-/m0/s1. The Hall–Kier alpha value is -1.36. The number of ether oxygens (including phenoxy) is 1. The van der Waals surface area contributed by atoms with E-state index in [9.17, 15) is 5.11 Å². The maximum absolute atomic E-state index is 9.75. The highest BCUT2D eigenvalue weighted by atomic mass is 16.5. The molecular weight excluding hydrogens is 360 g/mol. The number of hydrogen-bond acceptors (Lipinski definition) is 4. The maximum Gasteiger partial charge on any atom is 0.123 e. The largest absolute Gasteiger partial charge is 0.492 e. The SMILES string of the molecule is CC1(C)[C@H]2CC=C(CN3CCOc4ccc(CN5CCC(O)CC5)cc4C3)[C@@H]1C2. The molecular formula is C25H36N2O2. The average molecular weight is 397 g/mol. The number of aliphatic hydroxyl groups excluding tert-OH is 1. The first-order valence-corrected chi connectivity index (χ1v) is 11.6. The van der Waals surface area contributed by atoms with Gasteiger partial charge in [-0.3, -0.25) is 9.80 Å². The summed E-state index contributed by atoms with van der Waals surface area (Å²) in [6.07, 6.45) is 6.90. The zero-order valence-corrected chi connectivity index (χ0v) is 18.1. The summed E-state index contributed by atoms with van der Waals surface area (Å²) < 4.78 is 6.10. The first-order valence-electron chi connectivity index (χ1n) is 11.6. The van der Waals surface area contributed by atoms with E-state index in [4.69, 9.17) is 4.74 Å². The van der Waals surface area contributed by atoms with Crippen molar-refractivity contribution in [2.75, 3.05) is 32.8 Å². The molecule has 5 aliphatic rings. The molecule has 0 unspecified atom stereocenters. The fraction of sp³-hybridized carbons (Fsp3) is 0.680. The van der Waals surface area contributed by atoms with E-state index in [0.29, 0.717) is 5.41 Å². The summed E-state index contributed by atoms with van der Waals surface area (Å²) in [5, 5.41) is 9.75. The minimum absolute atomic E-state index is 0.106. The molecule has 1 saturated carbocycles. The van der Waals surface area contributed by atoms with Crippen molar-refractivity contribution in [3.63, 3.8) is 0 Å². The van der Waals surface area contributed by atoms with E-state index in [-0.39, 0.29) is 6.10 Å². The van der Waals surface area contributed by atoms with Gasteiger partial charge in [-0.2, -0.15) is 0 Å². The van der Waals surface area contributed by atoms with Crippen LogP contribution in [0.4, 0.5) is 0 Å². The lowest BCUT2D eigenvalue weighted by molar-refractivity contribution is -0.0109. The topological polar surface area (TPSA) is 35.9 Å². The molecule has 1 aromatic carbocycles. The van der Waals surface area contributed by atoms with Gasteiger partial charge in [-0.1, -0.05) is 31.6 Å². The second-order valence-corrected chi connectivity index (χ2v) is 10.3. The third kappa shape index (κ3) is 3.87. The molecule has 3 aliphatic carbocycles. The van der Waals surface area contributed by atoms with Crippen LogP contribution in [0.2, 0.25) is 0 Å². The smallest absolute Gasteiger partial charge is 0.123 e. The van der Waals surface area contributed by atoms with Gasteiger partial charge in [-0.05, 0) is 60.6 Å². The van der Waals surface area contributed by atoms with E-state index in [1.807, 2.05) is 0 Å². The molecule has 0 amide bonds. The monoisotopic (exact) mass is 396 g/mol. The number of allylic oxidation sites excluding steroid dienone is 1. The van der Waals surface area contributed by atoms with Crippen molar-refractivity contribution < 1.29 is 9.84 Å². The molecule has 1 saturated heterocycles. The van der Waals surface area contributed by atoms with Crippen molar-refractivity contribution in [2.45, 2.75) is 58.7 Å². The molecule has 6 rings (SSSR count). The van der Waals surface area contributed by atoms with Crippen molar-refractivity contribution in [3.8, 4) is 5.75 Å². The summed E-state index contributed by atoms with van der Waals surface area (Å²) in [4.78, 5) is 5.05. The molecule has 2 aliphatic heterocycles. The molecule has 4 heteroatoms. The summed E-state index contributed by atoms with van der Waals surface area (Å²) in [6.45, 7) is 11.7. The molecule has 2 bridgehead atoms. The normalized spacial score (nSPS) is 30.0. The minimum atomic E-state index is -0.106. The Labute approximate surface area is 175 Å². The zero-order valence-electron chi connectivity index (χ0n) is 18.1. The molecule has 158 valence electrons. The van der Waals surface area contributed by atoms with Crippen LogP contribution in [0.25, 0.3) is 0 Å². The van der Waals surface area contributed by atoms with Crippen LogP contribution in [0, 0.1) is 17.3 Å². The zero-order chi connectivity index (χ0) is 20.0. The minimum Gasteiger partial charge on any atom is -0.492 e. The van der Waals surface area contributed by atoms with Crippen LogP contribution in [0.1, 0.15) is 50.7 Å². The number of fused-ring (bicyclic) bond motifs is 2. The highest BCUT2D eigenvalue weighted by Gasteiger charge is 2.51. The Kier molecular flexibility index (Phi) is 5.21. The third-order valence-corrected chi connectivity index (χ3v) is 8.14. The number of hydrogen-bond donors (Lipinski definition) is 1. The number of nitrogens with zero attached hydrogens (tertiary/aromatic N) is 2. The highest BCUT2D eigenvalue weighted by molar-refractivity contribution is 5.38. The van der Waals surface area contributed by atoms with Crippen molar-refractivity contribution in [3.05, 3.63) is 41.0 Å². The molecule has 4 nitrogen and oxygen atoms in total. The van der Waals surface area contributed by atoms with E-state index < -0.39 is 0 Å². The van der Waals surface area contributed by atoms with Crippen LogP contribution in [0.5, 0.6) is 5.75 Å². The van der Waals surface area contributed by atoms with Crippen molar-refractivity contribution in [2.24, 2.45) is 17.3 Å². The van der Waals surface area contributed by atoms with Gasteiger partial charge in [0.1, 0.15) is 12.4 Å². The van der Waals surface area contributed by atoms with Gasteiger partial charge in [-0.25, -0.2) is 0 Å². The van der Waals surface area contributed by atoms with Crippen molar-refractivity contribution in [1.82, 2.24) is 9.80 Å². The molecule has 1 N–H and O–H groups in total. The summed E-state index contributed by atoms with van der Waals surface area (Å²) in [6, 6.07) is 6.75. The third-order valence-electron chi connectivity index (χ3n) is 8.14. The van der Waals surface area contributed by atoms with E-state index in [1.54, 1.807) is 5.57 Å². The summed E-state index contributed by atoms with van der Waals surface area (Å²) in [5.74, 6) is 2.75. The van der Waals surface area contributed by atoms with Gasteiger partial charge in [0.25, 0.3) is 0 Å². The van der Waals surface area contributed by atoms with Gasteiger partial charge in [0.15, 0.2) is 0 Å². The molecule has 29 heavy (non-hydrogen) atoms. The van der Waals surface area contributed by atoms with Gasteiger partial charge < -0.3 is 9.84 Å². The molecule has 1 aromatic rings. The number of aliphatic hydroxyl groups is 1. The quantitative estimate of drug-likeness (QED) is 0.785. The van der Waals surface area contributed by atoms with Gasteiger partial charge in [0, 0.05) is 44.8 Å². The van der Waals surface area contributed by atoms with Crippen LogP contribution in [-0.2, 0) is 13.1 Å². The first kappa shape index (κ1) is 19.6. The Bertz CT molecular complexity index is 779. The number of rotatable bonds is 4. The second kappa shape index (κ2) is 7.72. The fourth-order valence-electron chi connectivity index (χ4n) is 5.98. The van der Waals surface area contributed by atoms with Gasteiger partial charge in [0.2, 0.25) is 0 Å². The van der Waals surface area contributed by atoms with Gasteiger partial charge in [0.05, 0.1) is 6.10 Å². The molecule has 0 aromatic heterocycles. The summed E-state index contributed by atoms with van der Waals surface area (Å²) in [5.41, 5.74) is 4.87. The molecule has 0 radical (unpaired) electrons. The lowest BCUT2D eigenvalue weighted by atomic mass is 9.49. The number of likely N-dealkylation sites (tertiary alicyclic amines) is 1. The molecule has 0 spiro atoms. The highest BCUT2D eigenvalue weighted by Crippen LogP contribution is 2.59. The van der Waals surface area contributed by atoms with Crippen LogP contribution >= 0.6 is 0 Å². The van der Waals surface area contributed by atoms with Crippen LogP contribution in [0.15, 0.2) is 29.8 Å². The van der Waals surface area contributed by atoms with E-state index in [1.165, 1.54) is 24.0 Å².